The summed E-state index contributed by atoms with van der Waals surface area (Å²) >= 11 is 8.19. The number of aromatic nitrogens is 4. The van der Waals surface area contributed by atoms with Crippen molar-refractivity contribution in [2.45, 2.75) is 35.8 Å². The van der Waals surface area contributed by atoms with Crippen LogP contribution in [-0.2, 0) is 5.75 Å². The maximum absolute atomic E-state index is 12.6. The van der Waals surface area contributed by atoms with Crippen LogP contribution in [0.5, 0.6) is 0 Å². The molecule has 0 radical (unpaired) electrons. The van der Waals surface area contributed by atoms with E-state index < -0.39 is 0 Å². The van der Waals surface area contributed by atoms with Crippen LogP contribution in [0, 0.1) is 0 Å². The predicted molar refractivity (Wildman–Crippen MR) is 117 cm³/mol. The molecule has 0 atom stereocenters. The summed E-state index contributed by atoms with van der Waals surface area (Å²) in [7, 11) is 0. The monoisotopic (exact) mass is 422 g/mol. The second kappa shape index (κ2) is 7.69. The second-order valence-corrected chi connectivity index (χ2v) is 8.66. The van der Waals surface area contributed by atoms with Crippen molar-refractivity contribution < 1.29 is 0 Å². The normalized spacial score (nSPS) is 14.2. The summed E-state index contributed by atoms with van der Waals surface area (Å²) in [5.41, 5.74) is 2.76. The van der Waals surface area contributed by atoms with Crippen molar-refractivity contribution in [1.29, 1.82) is 0 Å². The van der Waals surface area contributed by atoms with E-state index in [-0.39, 0.29) is 5.56 Å². The molecule has 2 aromatic carbocycles. The van der Waals surface area contributed by atoms with E-state index in [0.717, 1.165) is 16.3 Å². The minimum atomic E-state index is -0.186. The molecule has 1 fully saturated rings. The van der Waals surface area contributed by atoms with E-state index in [9.17, 15) is 4.79 Å². The maximum Gasteiger partial charge on any atom is 0.275 e. The van der Waals surface area contributed by atoms with Crippen molar-refractivity contribution in [3.63, 3.8) is 0 Å². The van der Waals surface area contributed by atoms with Crippen LogP contribution in [0.1, 0.15) is 36.4 Å². The van der Waals surface area contributed by atoms with Gasteiger partial charge in [0.1, 0.15) is 0 Å². The Hall–Kier alpha value is -2.57. The molecule has 146 valence electrons. The summed E-state index contributed by atoms with van der Waals surface area (Å²) in [6.07, 6.45) is 3.66. The number of nitrogens with zero attached hydrogens (tertiary/aromatic N) is 3. The maximum atomic E-state index is 12.6. The zero-order valence-corrected chi connectivity index (χ0v) is 17.2. The number of halogens is 1. The third-order valence-corrected chi connectivity index (χ3v) is 6.78. The molecule has 1 aliphatic carbocycles. The highest BCUT2D eigenvalue weighted by Crippen LogP contribution is 2.44. The van der Waals surface area contributed by atoms with Crippen LogP contribution in [-0.4, -0.2) is 19.6 Å². The van der Waals surface area contributed by atoms with Crippen LogP contribution in [0.3, 0.4) is 0 Å². The molecule has 0 unspecified atom stereocenters. The van der Waals surface area contributed by atoms with Gasteiger partial charge in [0.15, 0.2) is 5.82 Å². The van der Waals surface area contributed by atoms with Gasteiger partial charge in [0.05, 0.1) is 0 Å². The number of H-pyrrole nitrogens is 1. The number of benzene rings is 2. The summed E-state index contributed by atoms with van der Waals surface area (Å²) in [4.78, 5) is 21.5. The van der Waals surface area contributed by atoms with Gasteiger partial charge in [-0.25, -0.2) is 0 Å². The Morgan fingerprint density at radius 3 is 2.72 bits per heavy atom. The number of nitrogens with one attached hydrogen (secondary N) is 1. The first kappa shape index (κ1) is 18.5. The van der Waals surface area contributed by atoms with Crippen molar-refractivity contribution in [2.75, 3.05) is 0 Å². The van der Waals surface area contributed by atoms with E-state index in [0.29, 0.717) is 23.3 Å². The standard InChI is InChI=1S/C22H19ClN4OS/c23-17-10-5-11-18(20(17)14-8-4-9-14)29-13-16-12-19(28)27-22(24-16)25-21(26-27)15-6-2-1-3-7-15/h1-3,5-7,10-12,14H,4,8-9,13H2,(H,24,25,26). The molecular weight excluding hydrogens is 404 g/mol. The van der Waals surface area contributed by atoms with Gasteiger partial charge >= 0.3 is 0 Å². The number of thioether (sulfide) groups is 1. The molecule has 0 aliphatic heterocycles. The van der Waals surface area contributed by atoms with Gasteiger partial charge in [-0.05, 0) is 36.5 Å². The SMILES string of the molecule is O=c1cc(CSc2cccc(Cl)c2C2CCC2)[nH]c2nc(-c3ccccc3)nn12. The third kappa shape index (κ3) is 3.58. The van der Waals surface area contributed by atoms with Crippen LogP contribution in [0.4, 0.5) is 0 Å². The highest BCUT2D eigenvalue weighted by molar-refractivity contribution is 7.98. The van der Waals surface area contributed by atoms with Gasteiger partial charge in [-0.1, -0.05) is 54.4 Å². The van der Waals surface area contributed by atoms with Crippen molar-refractivity contribution in [1.82, 2.24) is 19.6 Å². The summed E-state index contributed by atoms with van der Waals surface area (Å²) in [5, 5.41) is 5.19. The number of fused-ring (bicyclic) bond motifs is 1. The largest absolute Gasteiger partial charge is 0.327 e. The molecule has 0 amide bonds. The fourth-order valence-corrected chi connectivity index (χ4v) is 5.07. The topological polar surface area (TPSA) is 63.0 Å². The Kier molecular flexibility index (Phi) is 4.89. The minimum absolute atomic E-state index is 0.186. The Bertz CT molecular complexity index is 1230. The molecule has 2 aromatic heterocycles. The lowest BCUT2D eigenvalue weighted by molar-refractivity contribution is 0.415. The van der Waals surface area contributed by atoms with E-state index in [4.69, 9.17) is 11.6 Å². The Morgan fingerprint density at radius 1 is 1.14 bits per heavy atom. The fourth-order valence-electron chi connectivity index (χ4n) is 3.62. The zero-order chi connectivity index (χ0) is 19.8. The van der Waals surface area contributed by atoms with E-state index in [1.165, 1.54) is 34.2 Å². The summed E-state index contributed by atoms with van der Waals surface area (Å²) in [6.45, 7) is 0. The van der Waals surface area contributed by atoms with Gasteiger partial charge in [-0.15, -0.1) is 16.9 Å². The Labute approximate surface area is 177 Å². The van der Waals surface area contributed by atoms with Gasteiger partial charge in [0.25, 0.3) is 5.56 Å². The number of hydrogen-bond donors (Lipinski definition) is 1. The third-order valence-electron chi connectivity index (χ3n) is 5.33. The van der Waals surface area contributed by atoms with Crippen LogP contribution in [0.25, 0.3) is 17.2 Å². The molecule has 7 heteroatoms. The molecule has 0 spiro atoms. The van der Waals surface area contributed by atoms with E-state index in [1.807, 2.05) is 42.5 Å². The van der Waals surface area contributed by atoms with Crippen molar-refractivity contribution in [3.05, 3.63) is 81.2 Å². The first-order chi connectivity index (χ1) is 14.2. The number of rotatable bonds is 5. The van der Waals surface area contributed by atoms with Crippen LogP contribution >= 0.6 is 23.4 Å². The van der Waals surface area contributed by atoms with Gasteiger partial charge in [-0.2, -0.15) is 9.50 Å². The van der Waals surface area contributed by atoms with Gasteiger partial charge in [0.2, 0.25) is 5.78 Å². The van der Waals surface area contributed by atoms with E-state index in [1.54, 1.807) is 17.8 Å². The number of hydrogen-bond acceptors (Lipinski definition) is 4. The molecule has 2 heterocycles. The average molecular weight is 423 g/mol. The second-order valence-electron chi connectivity index (χ2n) is 7.24. The highest BCUT2D eigenvalue weighted by atomic mass is 35.5. The van der Waals surface area contributed by atoms with Crippen molar-refractivity contribution in [3.8, 4) is 11.4 Å². The lowest BCUT2D eigenvalue weighted by Gasteiger charge is -2.28. The molecule has 1 saturated carbocycles. The Morgan fingerprint density at radius 2 is 1.97 bits per heavy atom. The smallest absolute Gasteiger partial charge is 0.275 e. The summed E-state index contributed by atoms with van der Waals surface area (Å²) in [5.74, 6) is 2.18. The molecule has 29 heavy (non-hydrogen) atoms. The summed E-state index contributed by atoms with van der Waals surface area (Å²) < 4.78 is 1.32. The molecule has 1 N–H and O–H groups in total. The van der Waals surface area contributed by atoms with E-state index >= 15 is 0 Å². The molecule has 0 saturated heterocycles. The van der Waals surface area contributed by atoms with Crippen molar-refractivity contribution in [2.24, 2.45) is 0 Å². The molecule has 5 nitrogen and oxygen atoms in total. The fraction of sp³-hybridized carbons (Fsp3) is 0.227. The van der Waals surface area contributed by atoms with Gasteiger partial charge in [0, 0.05) is 33.0 Å². The lowest BCUT2D eigenvalue weighted by Crippen LogP contribution is -2.15. The van der Waals surface area contributed by atoms with Crippen molar-refractivity contribution >= 4 is 29.1 Å². The molecule has 1 aliphatic rings. The van der Waals surface area contributed by atoms with Gasteiger partial charge < -0.3 is 4.98 Å². The summed E-state index contributed by atoms with van der Waals surface area (Å²) in [6, 6.07) is 17.3. The van der Waals surface area contributed by atoms with Crippen LogP contribution < -0.4 is 5.56 Å². The van der Waals surface area contributed by atoms with Crippen LogP contribution in [0.15, 0.2) is 64.3 Å². The minimum Gasteiger partial charge on any atom is -0.327 e. The van der Waals surface area contributed by atoms with Crippen LogP contribution in [0.2, 0.25) is 5.02 Å². The molecule has 5 rings (SSSR count). The van der Waals surface area contributed by atoms with E-state index in [2.05, 4.69) is 21.1 Å². The molecule has 4 aromatic rings. The molecule has 0 bridgehead atoms. The number of aromatic amines is 1. The van der Waals surface area contributed by atoms with Gasteiger partial charge in [-0.3, -0.25) is 4.79 Å². The predicted octanol–water partition coefficient (Wildman–Crippen LogP) is 5.30. The first-order valence-electron chi connectivity index (χ1n) is 9.64. The first-order valence-corrected chi connectivity index (χ1v) is 11.0. The Balaban J connectivity index is 1.43. The zero-order valence-electron chi connectivity index (χ0n) is 15.6. The highest BCUT2D eigenvalue weighted by Gasteiger charge is 2.24. The lowest BCUT2D eigenvalue weighted by atomic mass is 9.80. The average Bonchev–Trinajstić information content (AvgIpc) is 3.13. The quantitative estimate of drug-likeness (QED) is 0.443. The molecular formula is C22H19ClN4OS.